The molecule has 0 aliphatic carbocycles. The van der Waals surface area contributed by atoms with Gasteiger partial charge in [0.1, 0.15) is 0 Å². The fourth-order valence-electron chi connectivity index (χ4n) is 1.74. The minimum Gasteiger partial charge on any atom is -0.493 e. The minimum absolute atomic E-state index is 0.116. The summed E-state index contributed by atoms with van der Waals surface area (Å²) >= 11 is 7.25. The van der Waals surface area contributed by atoms with Crippen LogP contribution >= 0.6 is 22.9 Å². The molecule has 0 amide bonds. The molecule has 0 saturated carbocycles. The molecule has 0 saturated heterocycles. The first-order valence-corrected chi connectivity index (χ1v) is 7.18. The van der Waals surface area contributed by atoms with E-state index < -0.39 is 4.92 Å². The van der Waals surface area contributed by atoms with Gasteiger partial charge in [0.25, 0.3) is 0 Å². The van der Waals surface area contributed by atoms with Gasteiger partial charge in [0.15, 0.2) is 11.5 Å². The van der Waals surface area contributed by atoms with Crippen LogP contribution in [0.4, 0.5) is 10.7 Å². The summed E-state index contributed by atoms with van der Waals surface area (Å²) in [5, 5.41) is 16.1. The van der Waals surface area contributed by atoms with Crippen LogP contribution in [0.2, 0.25) is 5.02 Å². The van der Waals surface area contributed by atoms with Crippen molar-refractivity contribution in [3.8, 4) is 11.5 Å². The first-order chi connectivity index (χ1) is 10.0. The van der Waals surface area contributed by atoms with Crippen molar-refractivity contribution < 1.29 is 14.4 Å². The smallest absolute Gasteiger partial charge is 0.324 e. The van der Waals surface area contributed by atoms with Gasteiger partial charge in [-0.1, -0.05) is 22.9 Å². The predicted molar refractivity (Wildman–Crippen MR) is 82.9 cm³/mol. The quantitative estimate of drug-likeness (QED) is 0.642. The summed E-state index contributed by atoms with van der Waals surface area (Å²) in [4.78, 5) is 10.2. The van der Waals surface area contributed by atoms with E-state index in [4.69, 9.17) is 21.1 Å². The van der Waals surface area contributed by atoms with Gasteiger partial charge < -0.3 is 14.8 Å². The van der Waals surface area contributed by atoms with Crippen molar-refractivity contribution in [2.24, 2.45) is 0 Å². The zero-order valence-electron chi connectivity index (χ0n) is 11.4. The molecule has 0 radical (unpaired) electrons. The molecule has 112 valence electrons. The number of halogens is 1. The molecule has 6 nitrogen and oxygen atoms in total. The molecular formula is C13H13ClN2O4S. The maximum Gasteiger partial charge on any atom is 0.324 e. The second-order valence-electron chi connectivity index (χ2n) is 4.09. The molecule has 0 aliphatic heterocycles. The predicted octanol–water partition coefficient (Wildman–Crippen LogP) is 3.94. The van der Waals surface area contributed by atoms with Crippen LogP contribution in [-0.4, -0.2) is 19.1 Å². The van der Waals surface area contributed by atoms with Crippen LogP contribution in [0.1, 0.15) is 5.56 Å². The molecule has 2 rings (SSSR count). The van der Waals surface area contributed by atoms with Crippen LogP contribution < -0.4 is 14.8 Å². The van der Waals surface area contributed by atoms with Crippen LogP contribution in [0.15, 0.2) is 23.6 Å². The maximum absolute atomic E-state index is 10.6. The lowest BCUT2D eigenvalue weighted by Crippen LogP contribution is -2.00. The molecule has 1 N–H and O–H groups in total. The standard InChI is InChI=1S/C13H13ClN2O4S/c1-19-11-4-9(14)10(5-12(11)20-2)15-6-8-3-13(16(17)18)21-7-8/h3-5,7,15H,6H2,1-2H3. The number of methoxy groups -OCH3 is 2. The van der Waals surface area contributed by atoms with Gasteiger partial charge in [0.2, 0.25) is 0 Å². The summed E-state index contributed by atoms with van der Waals surface area (Å²) in [6.45, 7) is 0.430. The van der Waals surface area contributed by atoms with Gasteiger partial charge in [-0.05, 0) is 5.56 Å². The van der Waals surface area contributed by atoms with E-state index in [-0.39, 0.29) is 5.00 Å². The first-order valence-electron chi connectivity index (χ1n) is 5.92. The molecule has 1 heterocycles. The molecule has 0 spiro atoms. The molecule has 21 heavy (non-hydrogen) atoms. The van der Waals surface area contributed by atoms with Crippen molar-refractivity contribution in [1.82, 2.24) is 0 Å². The highest BCUT2D eigenvalue weighted by molar-refractivity contribution is 7.13. The number of rotatable bonds is 6. The Labute approximate surface area is 130 Å². The summed E-state index contributed by atoms with van der Waals surface area (Å²) in [7, 11) is 3.07. The zero-order chi connectivity index (χ0) is 15.4. The van der Waals surface area contributed by atoms with E-state index in [9.17, 15) is 10.1 Å². The second-order valence-corrected chi connectivity index (χ2v) is 5.39. The minimum atomic E-state index is -0.405. The second kappa shape index (κ2) is 6.64. The number of hydrogen-bond donors (Lipinski definition) is 1. The normalized spacial score (nSPS) is 10.2. The van der Waals surface area contributed by atoms with Gasteiger partial charge in [0.05, 0.1) is 29.9 Å². The summed E-state index contributed by atoms with van der Waals surface area (Å²) in [5.74, 6) is 1.10. The Hall–Kier alpha value is -1.99. The number of anilines is 1. The van der Waals surface area contributed by atoms with Crippen LogP contribution in [0, 0.1) is 10.1 Å². The Balaban J connectivity index is 2.13. The Bertz CT molecular complexity index is 660. The SMILES string of the molecule is COc1cc(Cl)c(NCc2csc([N+](=O)[O-])c2)cc1OC. The monoisotopic (exact) mass is 328 g/mol. The number of nitrogens with one attached hydrogen (secondary N) is 1. The number of thiophene rings is 1. The third-order valence-corrected chi connectivity index (χ3v) is 4.02. The Morgan fingerprint density at radius 1 is 1.29 bits per heavy atom. The van der Waals surface area contributed by atoms with Crippen LogP contribution in [0.25, 0.3) is 0 Å². The average Bonchev–Trinajstić information content (AvgIpc) is 2.94. The number of ether oxygens (including phenoxy) is 2. The van der Waals surface area contributed by atoms with Crippen molar-refractivity contribution in [1.29, 1.82) is 0 Å². The molecule has 0 fully saturated rings. The van der Waals surface area contributed by atoms with E-state index in [1.807, 2.05) is 0 Å². The topological polar surface area (TPSA) is 73.6 Å². The summed E-state index contributed by atoms with van der Waals surface area (Å²) in [6.07, 6.45) is 0. The first kappa shape index (κ1) is 15.4. The molecule has 0 bridgehead atoms. The molecule has 8 heteroatoms. The van der Waals surface area contributed by atoms with Gasteiger partial charge in [-0.25, -0.2) is 0 Å². The van der Waals surface area contributed by atoms with Crippen molar-refractivity contribution in [3.63, 3.8) is 0 Å². The maximum atomic E-state index is 10.6. The van der Waals surface area contributed by atoms with Crippen molar-refractivity contribution in [3.05, 3.63) is 44.3 Å². The van der Waals surface area contributed by atoms with Crippen LogP contribution in [0.5, 0.6) is 11.5 Å². The van der Waals surface area contributed by atoms with E-state index >= 15 is 0 Å². The Morgan fingerprint density at radius 3 is 2.52 bits per heavy atom. The van der Waals surface area contributed by atoms with Crippen LogP contribution in [0.3, 0.4) is 0 Å². The molecule has 0 unspecified atom stereocenters. The third kappa shape index (κ3) is 3.56. The number of nitro groups is 1. The Kier molecular flexibility index (Phi) is 4.87. The molecule has 1 aromatic heterocycles. The molecule has 0 aliphatic rings. The highest BCUT2D eigenvalue weighted by Crippen LogP contribution is 2.36. The summed E-state index contributed by atoms with van der Waals surface area (Å²) < 4.78 is 10.4. The lowest BCUT2D eigenvalue weighted by molar-refractivity contribution is -0.380. The van der Waals surface area contributed by atoms with E-state index in [1.165, 1.54) is 20.3 Å². The summed E-state index contributed by atoms with van der Waals surface area (Å²) in [6, 6.07) is 4.91. The lowest BCUT2D eigenvalue weighted by Gasteiger charge is -2.12. The lowest BCUT2D eigenvalue weighted by atomic mass is 10.2. The van der Waals surface area contributed by atoms with E-state index in [0.29, 0.717) is 28.8 Å². The summed E-state index contributed by atoms with van der Waals surface area (Å²) in [5.41, 5.74) is 1.49. The fourth-order valence-corrected chi connectivity index (χ4v) is 2.69. The molecular weight excluding hydrogens is 316 g/mol. The van der Waals surface area contributed by atoms with E-state index in [0.717, 1.165) is 16.9 Å². The Morgan fingerprint density at radius 2 is 1.95 bits per heavy atom. The van der Waals surface area contributed by atoms with E-state index in [2.05, 4.69) is 5.32 Å². The largest absolute Gasteiger partial charge is 0.493 e. The van der Waals surface area contributed by atoms with Crippen molar-refractivity contribution in [2.75, 3.05) is 19.5 Å². The molecule has 1 aromatic carbocycles. The van der Waals surface area contributed by atoms with Crippen molar-refractivity contribution >= 4 is 33.6 Å². The highest BCUT2D eigenvalue weighted by atomic mass is 35.5. The van der Waals surface area contributed by atoms with Gasteiger partial charge >= 0.3 is 5.00 Å². The van der Waals surface area contributed by atoms with E-state index in [1.54, 1.807) is 17.5 Å². The molecule has 0 atom stereocenters. The van der Waals surface area contributed by atoms with Crippen LogP contribution in [-0.2, 0) is 6.54 Å². The zero-order valence-corrected chi connectivity index (χ0v) is 13.0. The van der Waals surface area contributed by atoms with Gasteiger partial charge in [-0.2, -0.15) is 0 Å². The number of nitrogens with zero attached hydrogens (tertiary/aromatic N) is 1. The fraction of sp³-hybridized carbons (Fsp3) is 0.231. The number of benzene rings is 1. The average molecular weight is 329 g/mol. The van der Waals surface area contributed by atoms with Gasteiger partial charge in [-0.15, -0.1) is 0 Å². The van der Waals surface area contributed by atoms with Gasteiger partial charge in [-0.3, -0.25) is 10.1 Å². The third-order valence-electron chi connectivity index (χ3n) is 2.78. The van der Waals surface area contributed by atoms with Crippen molar-refractivity contribution in [2.45, 2.75) is 6.54 Å². The highest BCUT2D eigenvalue weighted by Gasteiger charge is 2.12. The number of hydrogen-bond acceptors (Lipinski definition) is 6. The molecule has 2 aromatic rings. The van der Waals surface area contributed by atoms with Gasteiger partial charge in [0, 0.05) is 30.1 Å².